The second-order valence-corrected chi connectivity index (χ2v) is 8.87. The number of nitrogens with zero attached hydrogens (tertiary/aromatic N) is 1. The molecule has 0 saturated carbocycles. The largest absolute Gasteiger partial charge is 0.507 e. The highest BCUT2D eigenvalue weighted by molar-refractivity contribution is 5.98. The minimum atomic E-state index is -0.844. The van der Waals surface area contributed by atoms with E-state index >= 15 is 0 Å². The Kier molecular flexibility index (Phi) is 5.85. The highest BCUT2D eigenvalue weighted by atomic mass is 16.3. The lowest BCUT2D eigenvalue weighted by Crippen LogP contribution is -2.19. The number of hydrogen-bond acceptors (Lipinski definition) is 6. The van der Waals surface area contributed by atoms with Crippen LogP contribution in [0.25, 0.3) is 33.5 Å². The van der Waals surface area contributed by atoms with Gasteiger partial charge in [0.15, 0.2) is 0 Å². The lowest BCUT2D eigenvalue weighted by Gasteiger charge is -2.21. The van der Waals surface area contributed by atoms with E-state index in [0.717, 1.165) is 11.8 Å². The number of amidine groups is 1. The van der Waals surface area contributed by atoms with Gasteiger partial charge in [0.1, 0.15) is 29.4 Å². The number of carbonyl (C=O) groups is 1. The standard InChI is InChI=1S/C26H27N5O3/c1-26(2,13-32)16-10-18(17-8-14(12-29-3)4-7-22(17)33)23(34)19(11-16)25-30-20-6-5-15(24(27)28)9-21(20)31-25/h4-11,13,29,33-34H,12H2,1-3H3,(H3,27,28)(H,30,31). The monoisotopic (exact) mass is 457 g/mol. The summed E-state index contributed by atoms with van der Waals surface area (Å²) in [7, 11) is 1.83. The van der Waals surface area contributed by atoms with E-state index < -0.39 is 5.41 Å². The van der Waals surface area contributed by atoms with Gasteiger partial charge in [-0.25, -0.2) is 4.98 Å². The zero-order chi connectivity index (χ0) is 24.6. The molecule has 1 aromatic heterocycles. The number of phenols is 2. The second kappa shape index (κ2) is 8.64. The van der Waals surface area contributed by atoms with Crippen molar-refractivity contribution >= 4 is 23.2 Å². The highest BCUT2D eigenvalue weighted by Crippen LogP contribution is 2.44. The number of rotatable bonds is 7. The van der Waals surface area contributed by atoms with Crippen LogP contribution in [0.15, 0.2) is 48.5 Å². The van der Waals surface area contributed by atoms with Gasteiger partial charge in [-0.1, -0.05) is 6.07 Å². The molecule has 0 bridgehead atoms. The third kappa shape index (κ3) is 4.11. The van der Waals surface area contributed by atoms with Gasteiger partial charge in [-0.05, 0) is 74.5 Å². The molecule has 0 fully saturated rings. The average Bonchev–Trinajstić information content (AvgIpc) is 3.23. The number of aldehydes is 1. The maximum Gasteiger partial charge on any atom is 0.142 e. The van der Waals surface area contributed by atoms with Crippen LogP contribution < -0.4 is 11.1 Å². The molecule has 7 N–H and O–H groups in total. The summed E-state index contributed by atoms with van der Waals surface area (Å²) in [5.41, 5.74) is 9.43. The quantitative estimate of drug-likeness (QED) is 0.141. The molecule has 8 nitrogen and oxygen atoms in total. The number of nitrogen functional groups attached to an aromatic ring is 1. The second-order valence-electron chi connectivity index (χ2n) is 8.87. The van der Waals surface area contributed by atoms with E-state index in [2.05, 4.69) is 15.3 Å². The number of H-pyrrole nitrogens is 1. The topological polar surface area (TPSA) is 148 Å². The highest BCUT2D eigenvalue weighted by Gasteiger charge is 2.26. The van der Waals surface area contributed by atoms with E-state index in [9.17, 15) is 15.0 Å². The van der Waals surface area contributed by atoms with Gasteiger partial charge >= 0.3 is 0 Å². The molecule has 4 rings (SSSR count). The Balaban J connectivity index is 1.98. The van der Waals surface area contributed by atoms with Crippen LogP contribution in [0.2, 0.25) is 0 Å². The number of fused-ring (bicyclic) bond motifs is 1. The Bertz CT molecular complexity index is 1420. The van der Waals surface area contributed by atoms with Gasteiger partial charge in [-0.3, -0.25) is 5.41 Å². The van der Waals surface area contributed by atoms with Crippen LogP contribution in [0, 0.1) is 5.41 Å². The van der Waals surface area contributed by atoms with Gasteiger partial charge in [0.25, 0.3) is 0 Å². The fourth-order valence-corrected chi connectivity index (χ4v) is 3.88. The minimum Gasteiger partial charge on any atom is -0.507 e. The first-order valence-electron chi connectivity index (χ1n) is 10.8. The number of aromatic hydroxyl groups is 2. The van der Waals surface area contributed by atoms with Gasteiger partial charge in [-0.2, -0.15) is 0 Å². The zero-order valence-corrected chi connectivity index (χ0v) is 19.2. The SMILES string of the molecule is CNCc1ccc(O)c(-c2cc(C(C)(C)C=O)cc(-c3nc4ccc(C(=N)N)cc4[nH]3)c2O)c1. The number of benzene rings is 3. The van der Waals surface area contributed by atoms with Crippen LogP contribution in [0.3, 0.4) is 0 Å². The van der Waals surface area contributed by atoms with Gasteiger partial charge in [-0.15, -0.1) is 0 Å². The molecular weight excluding hydrogens is 430 g/mol. The van der Waals surface area contributed by atoms with Gasteiger partial charge in [0, 0.05) is 28.7 Å². The summed E-state index contributed by atoms with van der Waals surface area (Å²) < 4.78 is 0. The molecule has 1 heterocycles. The maximum atomic E-state index is 11.9. The molecule has 0 atom stereocenters. The Hall–Kier alpha value is -4.17. The fraction of sp³-hybridized carbons (Fsp3) is 0.192. The lowest BCUT2D eigenvalue weighted by molar-refractivity contribution is -0.111. The summed E-state index contributed by atoms with van der Waals surface area (Å²) in [6.07, 6.45) is 0.849. The zero-order valence-electron chi connectivity index (χ0n) is 19.2. The molecule has 0 unspecified atom stereocenters. The Morgan fingerprint density at radius 1 is 1.12 bits per heavy atom. The molecule has 0 aliphatic heterocycles. The van der Waals surface area contributed by atoms with Crippen molar-refractivity contribution in [1.29, 1.82) is 5.41 Å². The summed E-state index contributed by atoms with van der Waals surface area (Å²) in [5.74, 6) is 0.268. The van der Waals surface area contributed by atoms with Crippen LogP contribution in [0.5, 0.6) is 11.5 Å². The molecule has 0 radical (unpaired) electrons. The van der Waals surface area contributed by atoms with Crippen molar-refractivity contribution in [3.63, 3.8) is 0 Å². The van der Waals surface area contributed by atoms with Crippen LogP contribution >= 0.6 is 0 Å². The maximum absolute atomic E-state index is 11.9. The molecular formula is C26H27N5O3. The molecule has 0 aliphatic rings. The van der Waals surface area contributed by atoms with Gasteiger partial charge in [0.2, 0.25) is 0 Å². The van der Waals surface area contributed by atoms with Crippen LogP contribution in [0.4, 0.5) is 0 Å². The number of imidazole rings is 1. The van der Waals surface area contributed by atoms with Crippen molar-refractivity contribution < 1.29 is 15.0 Å². The van der Waals surface area contributed by atoms with Crippen molar-refractivity contribution in [2.75, 3.05) is 7.05 Å². The number of aromatic amines is 1. The third-order valence-electron chi connectivity index (χ3n) is 5.93. The molecule has 34 heavy (non-hydrogen) atoms. The first-order chi connectivity index (χ1) is 16.1. The van der Waals surface area contributed by atoms with Crippen LogP contribution in [-0.4, -0.2) is 39.4 Å². The van der Waals surface area contributed by atoms with E-state index in [-0.39, 0.29) is 17.3 Å². The third-order valence-corrected chi connectivity index (χ3v) is 5.93. The van der Waals surface area contributed by atoms with Crippen molar-refractivity contribution in [1.82, 2.24) is 15.3 Å². The summed E-state index contributed by atoms with van der Waals surface area (Å²) >= 11 is 0. The van der Waals surface area contributed by atoms with E-state index in [1.54, 1.807) is 62.4 Å². The molecule has 0 aliphatic carbocycles. The molecule has 3 aromatic carbocycles. The average molecular weight is 458 g/mol. The predicted octanol–water partition coefficient (Wildman–Crippen LogP) is 3.79. The van der Waals surface area contributed by atoms with E-state index in [4.69, 9.17) is 11.1 Å². The van der Waals surface area contributed by atoms with Crippen LogP contribution in [0.1, 0.15) is 30.5 Å². The van der Waals surface area contributed by atoms with E-state index in [1.807, 2.05) is 7.05 Å². The van der Waals surface area contributed by atoms with E-state index in [0.29, 0.717) is 51.2 Å². The molecule has 174 valence electrons. The number of carbonyl (C=O) groups excluding carboxylic acids is 1. The van der Waals surface area contributed by atoms with E-state index in [1.165, 1.54) is 0 Å². The number of hydrogen-bond donors (Lipinski definition) is 6. The summed E-state index contributed by atoms with van der Waals surface area (Å²) in [5, 5.41) is 32.7. The Morgan fingerprint density at radius 3 is 2.53 bits per heavy atom. The van der Waals surface area contributed by atoms with Gasteiger partial charge < -0.3 is 31.0 Å². The fourth-order valence-electron chi connectivity index (χ4n) is 3.88. The Labute approximate surface area is 197 Å². The number of aromatic nitrogens is 2. The molecule has 4 aromatic rings. The predicted molar refractivity (Wildman–Crippen MR) is 133 cm³/mol. The number of nitrogens with two attached hydrogens (primary N) is 1. The Morgan fingerprint density at radius 2 is 1.85 bits per heavy atom. The van der Waals surface area contributed by atoms with Crippen molar-refractivity contribution in [2.24, 2.45) is 5.73 Å². The summed E-state index contributed by atoms with van der Waals surface area (Å²) in [6.45, 7) is 4.16. The number of phenolic OH excluding ortho intramolecular Hbond substituents is 2. The van der Waals surface area contributed by atoms with Crippen molar-refractivity contribution in [2.45, 2.75) is 25.8 Å². The number of nitrogens with one attached hydrogen (secondary N) is 3. The van der Waals surface area contributed by atoms with Crippen molar-refractivity contribution in [3.05, 3.63) is 65.2 Å². The smallest absolute Gasteiger partial charge is 0.142 e. The molecule has 0 saturated heterocycles. The lowest BCUT2D eigenvalue weighted by atomic mass is 9.83. The first-order valence-corrected chi connectivity index (χ1v) is 10.8. The normalized spacial score (nSPS) is 11.6. The summed E-state index contributed by atoms with van der Waals surface area (Å²) in [4.78, 5) is 19.7. The van der Waals surface area contributed by atoms with Crippen molar-refractivity contribution in [3.8, 4) is 34.0 Å². The van der Waals surface area contributed by atoms with Crippen LogP contribution in [-0.2, 0) is 16.8 Å². The first kappa shape index (κ1) is 23.0. The summed E-state index contributed by atoms with van der Waals surface area (Å²) in [6, 6.07) is 13.8. The molecule has 0 spiro atoms. The van der Waals surface area contributed by atoms with Gasteiger partial charge in [0.05, 0.1) is 16.6 Å². The minimum absolute atomic E-state index is 0.0119. The molecule has 8 heteroatoms. The molecule has 0 amide bonds.